The third-order valence-corrected chi connectivity index (χ3v) is 7.91. The van der Waals surface area contributed by atoms with E-state index in [4.69, 9.17) is 9.47 Å². The van der Waals surface area contributed by atoms with Crippen LogP contribution in [0, 0.1) is 5.92 Å². The van der Waals surface area contributed by atoms with Gasteiger partial charge >= 0.3 is 5.97 Å². The Morgan fingerprint density at radius 3 is 2.12 bits per heavy atom. The largest absolute Gasteiger partial charge is 0.494 e. The van der Waals surface area contributed by atoms with Gasteiger partial charge in [-0.05, 0) is 56.2 Å². The van der Waals surface area contributed by atoms with Gasteiger partial charge in [-0.2, -0.15) is 4.31 Å². The first-order chi connectivity index (χ1) is 16.3. The van der Waals surface area contributed by atoms with Gasteiger partial charge in [0.2, 0.25) is 10.0 Å². The summed E-state index contributed by atoms with van der Waals surface area (Å²) in [6.07, 6.45) is 0.671. The zero-order valence-electron chi connectivity index (χ0n) is 18.8. The van der Waals surface area contributed by atoms with Gasteiger partial charge in [0.15, 0.2) is 0 Å². The quantitative estimate of drug-likeness (QED) is 0.416. The van der Waals surface area contributed by atoms with Gasteiger partial charge in [-0.1, -0.05) is 12.1 Å². The Morgan fingerprint density at radius 2 is 1.56 bits per heavy atom. The first-order valence-corrected chi connectivity index (χ1v) is 12.6. The minimum atomic E-state index is -3.67. The molecule has 2 aromatic rings. The van der Waals surface area contributed by atoms with Crippen molar-refractivity contribution in [3.8, 4) is 5.75 Å². The van der Waals surface area contributed by atoms with Crippen LogP contribution in [0.25, 0.3) is 0 Å². The number of nitrogens with zero attached hydrogens (tertiary/aromatic N) is 2. The van der Waals surface area contributed by atoms with Crippen LogP contribution in [0.1, 0.15) is 40.5 Å². The van der Waals surface area contributed by atoms with Crippen molar-refractivity contribution in [2.24, 2.45) is 5.92 Å². The Hall–Kier alpha value is -3.24. The van der Waals surface area contributed by atoms with Crippen LogP contribution in [0.3, 0.4) is 0 Å². The van der Waals surface area contributed by atoms with Crippen molar-refractivity contribution >= 4 is 27.8 Å². The lowest BCUT2D eigenvalue weighted by Crippen LogP contribution is -2.41. The van der Waals surface area contributed by atoms with E-state index < -0.39 is 33.7 Å². The van der Waals surface area contributed by atoms with Gasteiger partial charge in [0.05, 0.1) is 35.1 Å². The van der Waals surface area contributed by atoms with Crippen LogP contribution in [-0.4, -0.2) is 68.3 Å². The molecule has 1 fully saturated rings. The molecule has 0 unspecified atom stereocenters. The molecule has 4 rings (SSSR count). The first-order valence-electron chi connectivity index (χ1n) is 11.2. The normalized spacial score (nSPS) is 17.0. The molecule has 0 radical (unpaired) electrons. The van der Waals surface area contributed by atoms with Crippen LogP contribution in [-0.2, 0) is 19.6 Å². The number of ether oxygens (including phenoxy) is 2. The van der Waals surface area contributed by atoms with Crippen LogP contribution in [0.15, 0.2) is 53.4 Å². The molecule has 2 aliphatic rings. The molecule has 2 heterocycles. The number of sulfonamides is 1. The molecule has 0 bridgehead atoms. The molecule has 0 aromatic heterocycles. The van der Waals surface area contributed by atoms with Crippen LogP contribution >= 0.6 is 0 Å². The Kier molecular flexibility index (Phi) is 6.99. The van der Waals surface area contributed by atoms with Gasteiger partial charge in [0, 0.05) is 13.1 Å². The second kappa shape index (κ2) is 9.94. The SMILES string of the molecule is CCOc1ccc(S(=O)(=O)N2CCC(C(=O)OCCN3C(=O)c4ccccc4C3=O)CC2)cc1. The number of hydrogen-bond acceptors (Lipinski definition) is 7. The summed E-state index contributed by atoms with van der Waals surface area (Å²) in [4.78, 5) is 38.5. The molecule has 2 aromatic carbocycles. The number of piperidine rings is 1. The van der Waals surface area contributed by atoms with Crippen LogP contribution in [0.4, 0.5) is 0 Å². The molecule has 0 N–H and O–H groups in total. The number of amides is 2. The van der Waals surface area contributed by atoms with Gasteiger partial charge < -0.3 is 9.47 Å². The molecule has 2 aliphatic heterocycles. The highest BCUT2D eigenvalue weighted by Gasteiger charge is 2.36. The summed E-state index contributed by atoms with van der Waals surface area (Å²) in [5, 5.41) is 0. The van der Waals surface area contributed by atoms with Crippen LogP contribution < -0.4 is 4.74 Å². The number of carbonyl (C=O) groups excluding carboxylic acids is 3. The Balaban J connectivity index is 1.26. The maximum atomic E-state index is 12.9. The van der Waals surface area contributed by atoms with Gasteiger partial charge in [-0.3, -0.25) is 19.3 Å². The number of carbonyl (C=O) groups is 3. The summed E-state index contributed by atoms with van der Waals surface area (Å²) >= 11 is 0. The molecule has 10 heteroatoms. The minimum Gasteiger partial charge on any atom is -0.494 e. The predicted octanol–water partition coefficient (Wildman–Crippen LogP) is 2.33. The standard InChI is InChI=1S/C24H26N2O7S/c1-2-32-18-7-9-19(10-8-18)34(30,31)25-13-11-17(12-14-25)24(29)33-16-15-26-22(27)20-5-3-4-6-21(20)23(26)28/h3-10,17H,2,11-16H2,1H3. The molecule has 0 aliphatic carbocycles. The predicted molar refractivity (Wildman–Crippen MR) is 122 cm³/mol. The second-order valence-electron chi connectivity index (χ2n) is 8.06. The molecular formula is C24H26N2O7S. The lowest BCUT2D eigenvalue weighted by molar-refractivity contribution is -0.150. The van der Waals surface area contributed by atoms with Crippen molar-refractivity contribution in [2.45, 2.75) is 24.7 Å². The van der Waals surface area contributed by atoms with Crippen LogP contribution in [0.5, 0.6) is 5.75 Å². The van der Waals surface area contributed by atoms with Crippen molar-refractivity contribution in [1.29, 1.82) is 0 Å². The monoisotopic (exact) mass is 486 g/mol. The molecule has 34 heavy (non-hydrogen) atoms. The number of imide groups is 1. The zero-order valence-corrected chi connectivity index (χ0v) is 19.6. The molecule has 2 amide bonds. The molecule has 9 nitrogen and oxygen atoms in total. The highest BCUT2D eigenvalue weighted by Crippen LogP contribution is 2.26. The fourth-order valence-corrected chi connectivity index (χ4v) is 5.62. The van der Waals surface area contributed by atoms with E-state index in [0.717, 1.165) is 4.90 Å². The summed E-state index contributed by atoms with van der Waals surface area (Å²) in [5.74, 6) is -1.08. The van der Waals surface area contributed by atoms with E-state index in [1.165, 1.54) is 16.4 Å². The fourth-order valence-electron chi connectivity index (χ4n) is 4.15. The van der Waals surface area contributed by atoms with Crippen molar-refractivity contribution < 1.29 is 32.3 Å². The van der Waals surface area contributed by atoms with Crippen LogP contribution in [0.2, 0.25) is 0 Å². The van der Waals surface area contributed by atoms with Gasteiger partial charge in [0.25, 0.3) is 11.8 Å². The third kappa shape index (κ3) is 4.69. The highest BCUT2D eigenvalue weighted by molar-refractivity contribution is 7.89. The maximum absolute atomic E-state index is 12.9. The maximum Gasteiger partial charge on any atom is 0.309 e. The fraction of sp³-hybridized carbons (Fsp3) is 0.375. The highest BCUT2D eigenvalue weighted by atomic mass is 32.2. The van der Waals surface area contributed by atoms with Gasteiger partial charge in [-0.15, -0.1) is 0 Å². The van der Waals surface area contributed by atoms with E-state index in [1.54, 1.807) is 36.4 Å². The van der Waals surface area contributed by atoms with Crippen molar-refractivity contribution in [2.75, 3.05) is 32.8 Å². The molecule has 0 atom stereocenters. The van der Waals surface area contributed by atoms with Crippen molar-refractivity contribution in [1.82, 2.24) is 9.21 Å². The zero-order chi connectivity index (χ0) is 24.3. The first kappa shape index (κ1) is 23.9. The molecule has 0 spiro atoms. The average molecular weight is 487 g/mol. The number of esters is 1. The van der Waals surface area contributed by atoms with Gasteiger partial charge in [-0.25, -0.2) is 8.42 Å². The van der Waals surface area contributed by atoms with E-state index in [-0.39, 0.29) is 31.1 Å². The Bertz CT molecular complexity index is 1150. The summed E-state index contributed by atoms with van der Waals surface area (Å²) in [6, 6.07) is 12.8. The molecular weight excluding hydrogens is 460 g/mol. The van der Waals surface area contributed by atoms with Crippen molar-refractivity contribution in [3.63, 3.8) is 0 Å². The molecule has 180 valence electrons. The number of benzene rings is 2. The van der Waals surface area contributed by atoms with E-state index in [2.05, 4.69) is 0 Å². The average Bonchev–Trinajstić information content (AvgIpc) is 3.09. The van der Waals surface area contributed by atoms with E-state index in [1.807, 2.05) is 6.92 Å². The lowest BCUT2D eigenvalue weighted by Gasteiger charge is -2.30. The molecule has 0 saturated carbocycles. The summed E-state index contributed by atoms with van der Waals surface area (Å²) < 4.78 is 37.8. The minimum absolute atomic E-state index is 0.0248. The van der Waals surface area contributed by atoms with Gasteiger partial charge in [0.1, 0.15) is 12.4 Å². The third-order valence-electron chi connectivity index (χ3n) is 6.00. The van der Waals surface area contributed by atoms with E-state index >= 15 is 0 Å². The number of hydrogen-bond donors (Lipinski definition) is 0. The topological polar surface area (TPSA) is 110 Å². The van der Waals surface area contributed by atoms with Crippen molar-refractivity contribution in [3.05, 3.63) is 59.7 Å². The van der Waals surface area contributed by atoms with E-state index in [0.29, 0.717) is 36.3 Å². The number of rotatable bonds is 8. The second-order valence-corrected chi connectivity index (χ2v) is 10.00. The summed E-state index contributed by atoms with van der Waals surface area (Å²) in [7, 11) is -3.67. The summed E-state index contributed by atoms with van der Waals surface area (Å²) in [6.45, 7) is 2.62. The Morgan fingerprint density at radius 1 is 0.971 bits per heavy atom. The number of fused-ring (bicyclic) bond motifs is 1. The van der Waals surface area contributed by atoms with E-state index in [9.17, 15) is 22.8 Å². The smallest absolute Gasteiger partial charge is 0.309 e. The summed E-state index contributed by atoms with van der Waals surface area (Å²) in [5.41, 5.74) is 0.694. The Labute approximate surface area is 198 Å². The molecule has 1 saturated heterocycles. The lowest BCUT2D eigenvalue weighted by atomic mass is 9.98.